The molecule has 0 aliphatic heterocycles. The molecule has 1 aromatic heterocycles. The molecule has 0 amide bonds. The van der Waals surface area contributed by atoms with Gasteiger partial charge in [-0.1, -0.05) is 37.1 Å². The molecule has 102 valence electrons. The topological polar surface area (TPSA) is 22.0 Å². The highest BCUT2D eigenvalue weighted by Crippen LogP contribution is 2.20. The molecule has 0 bridgehead atoms. The van der Waals surface area contributed by atoms with Crippen LogP contribution in [0.2, 0.25) is 0 Å². The lowest BCUT2D eigenvalue weighted by molar-refractivity contribution is 0.662. The Bertz CT molecular complexity index is 830. The highest BCUT2D eigenvalue weighted by Gasteiger charge is 2.09. The second-order valence-electron chi connectivity index (χ2n) is 5.37. The molecule has 3 aromatic rings. The van der Waals surface area contributed by atoms with Crippen molar-refractivity contribution in [3.05, 3.63) is 58.3 Å². The highest BCUT2D eigenvalue weighted by molar-refractivity contribution is 5.93. The zero-order valence-corrected chi connectivity index (χ0v) is 12.0. The van der Waals surface area contributed by atoms with E-state index >= 15 is 0 Å². The molecule has 2 heteroatoms. The number of unbranched alkanes of at least 4 members (excludes halogenated alkanes) is 1. The Kier molecular flexibility index (Phi) is 3.31. The molecule has 0 saturated heterocycles. The normalized spacial score (nSPS) is 11.3. The summed E-state index contributed by atoms with van der Waals surface area (Å²) in [5.74, 6) is 0. The van der Waals surface area contributed by atoms with E-state index in [2.05, 4.69) is 23.6 Å². The number of aryl methyl sites for hydroxylation is 2. The Balaban J connectivity index is 2.46. The van der Waals surface area contributed by atoms with E-state index in [4.69, 9.17) is 0 Å². The van der Waals surface area contributed by atoms with Crippen molar-refractivity contribution < 1.29 is 0 Å². The highest BCUT2D eigenvalue weighted by atomic mass is 16.1. The van der Waals surface area contributed by atoms with Crippen LogP contribution in [0.5, 0.6) is 0 Å². The molecule has 1 heterocycles. The first-order valence-electron chi connectivity index (χ1n) is 7.24. The van der Waals surface area contributed by atoms with Crippen LogP contribution in [0.3, 0.4) is 0 Å². The molecule has 2 aromatic carbocycles. The van der Waals surface area contributed by atoms with Gasteiger partial charge in [-0.05, 0) is 37.6 Å². The number of hydrogen-bond donors (Lipinski definition) is 0. The molecule has 20 heavy (non-hydrogen) atoms. The third kappa shape index (κ3) is 2.01. The Morgan fingerprint density at radius 3 is 2.55 bits per heavy atom. The predicted molar refractivity (Wildman–Crippen MR) is 85.4 cm³/mol. The molecule has 2 nitrogen and oxygen atoms in total. The molecule has 0 saturated carbocycles. The largest absolute Gasteiger partial charge is 0.340 e. The number of benzene rings is 2. The van der Waals surface area contributed by atoms with Crippen molar-refractivity contribution in [2.24, 2.45) is 0 Å². The summed E-state index contributed by atoms with van der Waals surface area (Å²) in [6.45, 7) is 5.18. The molecule has 0 radical (unpaired) electrons. The average molecular weight is 265 g/mol. The first-order chi connectivity index (χ1) is 9.72. The average Bonchev–Trinajstić information content (AvgIpc) is 2.48. The fourth-order valence-corrected chi connectivity index (χ4v) is 2.80. The zero-order valence-electron chi connectivity index (χ0n) is 12.0. The maximum atomic E-state index is 12.7. The number of aromatic nitrogens is 1. The van der Waals surface area contributed by atoms with Crippen LogP contribution in [0.15, 0.2) is 47.3 Å². The van der Waals surface area contributed by atoms with E-state index < -0.39 is 0 Å². The molecule has 0 spiro atoms. The summed E-state index contributed by atoms with van der Waals surface area (Å²) in [7, 11) is 0. The third-order valence-corrected chi connectivity index (χ3v) is 3.86. The quantitative estimate of drug-likeness (QED) is 0.648. The molecule has 0 unspecified atom stereocenters. The first-order valence-corrected chi connectivity index (χ1v) is 7.24. The van der Waals surface area contributed by atoms with Gasteiger partial charge in [0.2, 0.25) is 0 Å². The van der Waals surface area contributed by atoms with Crippen molar-refractivity contribution >= 4 is 21.8 Å². The molecule has 0 atom stereocenters. The van der Waals surface area contributed by atoms with Crippen molar-refractivity contribution in [1.29, 1.82) is 0 Å². The number of rotatable bonds is 3. The summed E-state index contributed by atoms with van der Waals surface area (Å²) < 4.78 is 2.29. The number of para-hydroxylation sites is 1. The minimum absolute atomic E-state index is 0.145. The number of fused-ring (bicyclic) bond motifs is 2. The van der Waals surface area contributed by atoms with Gasteiger partial charge >= 0.3 is 0 Å². The summed E-state index contributed by atoms with van der Waals surface area (Å²) in [4.78, 5) is 12.7. The van der Waals surface area contributed by atoms with E-state index in [1.54, 1.807) is 0 Å². The lowest BCUT2D eigenvalue weighted by atomic mass is 10.1. The van der Waals surface area contributed by atoms with Crippen LogP contribution in [-0.4, -0.2) is 4.57 Å². The fourth-order valence-electron chi connectivity index (χ4n) is 2.80. The summed E-state index contributed by atoms with van der Waals surface area (Å²) in [5.41, 5.74) is 3.37. The van der Waals surface area contributed by atoms with Crippen molar-refractivity contribution in [1.82, 2.24) is 4.57 Å². The van der Waals surface area contributed by atoms with Gasteiger partial charge in [-0.15, -0.1) is 0 Å². The van der Waals surface area contributed by atoms with Crippen LogP contribution in [-0.2, 0) is 6.54 Å². The molecular formula is C18H19NO. The summed E-state index contributed by atoms with van der Waals surface area (Å²) in [6.07, 6.45) is 2.27. The van der Waals surface area contributed by atoms with Gasteiger partial charge in [-0.3, -0.25) is 4.79 Å². The molecule has 0 aliphatic carbocycles. The van der Waals surface area contributed by atoms with Gasteiger partial charge in [0.25, 0.3) is 0 Å². The van der Waals surface area contributed by atoms with Gasteiger partial charge in [0, 0.05) is 17.3 Å². The maximum absolute atomic E-state index is 12.7. The predicted octanol–water partition coefficient (Wildman–Crippen LogP) is 4.26. The van der Waals surface area contributed by atoms with Crippen LogP contribution < -0.4 is 5.43 Å². The van der Waals surface area contributed by atoms with Crippen LogP contribution in [0.1, 0.15) is 25.3 Å². The Morgan fingerprint density at radius 2 is 1.75 bits per heavy atom. The molecule has 0 aliphatic rings. The van der Waals surface area contributed by atoms with Crippen molar-refractivity contribution in [3.8, 4) is 0 Å². The van der Waals surface area contributed by atoms with Crippen molar-refractivity contribution in [2.75, 3.05) is 0 Å². The van der Waals surface area contributed by atoms with E-state index in [0.717, 1.165) is 46.8 Å². The van der Waals surface area contributed by atoms with E-state index in [9.17, 15) is 4.79 Å². The van der Waals surface area contributed by atoms with Crippen LogP contribution in [0.25, 0.3) is 21.8 Å². The molecule has 3 rings (SSSR count). The Hall–Kier alpha value is -2.09. The van der Waals surface area contributed by atoms with E-state index in [1.165, 1.54) is 0 Å². The van der Waals surface area contributed by atoms with E-state index in [1.807, 2.05) is 37.3 Å². The van der Waals surface area contributed by atoms with Gasteiger partial charge in [0.15, 0.2) is 5.43 Å². The van der Waals surface area contributed by atoms with Crippen molar-refractivity contribution in [3.63, 3.8) is 0 Å². The number of hydrogen-bond acceptors (Lipinski definition) is 1. The smallest absolute Gasteiger partial charge is 0.197 e. The number of pyridine rings is 1. The summed E-state index contributed by atoms with van der Waals surface area (Å²) in [5, 5.41) is 1.65. The third-order valence-electron chi connectivity index (χ3n) is 3.86. The van der Waals surface area contributed by atoms with Crippen molar-refractivity contribution in [2.45, 2.75) is 33.2 Å². The van der Waals surface area contributed by atoms with Gasteiger partial charge in [-0.2, -0.15) is 0 Å². The van der Waals surface area contributed by atoms with E-state index in [-0.39, 0.29) is 5.43 Å². The lowest BCUT2D eigenvalue weighted by Gasteiger charge is -2.15. The number of nitrogens with zero attached hydrogens (tertiary/aromatic N) is 1. The minimum atomic E-state index is 0.145. The second kappa shape index (κ2) is 5.12. The molecule has 0 fully saturated rings. The second-order valence-corrected chi connectivity index (χ2v) is 5.37. The van der Waals surface area contributed by atoms with Crippen LogP contribution >= 0.6 is 0 Å². The summed E-state index contributed by atoms with van der Waals surface area (Å²) in [6, 6.07) is 14.1. The lowest BCUT2D eigenvalue weighted by Crippen LogP contribution is -2.11. The van der Waals surface area contributed by atoms with Crippen LogP contribution in [0.4, 0.5) is 0 Å². The van der Waals surface area contributed by atoms with Crippen LogP contribution in [0, 0.1) is 6.92 Å². The summed E-state index contributed by atoms with van der Waals surface area (Å²) >= 11 is 0. The van der Waals surface area contributed by atoms with Gasteiger partial charge in [-0.25, -0.2) is 0 Å². The van der Waals surface area contributed by atoms with Gasteiger partial charge in [0.1, 0.15) is 0 Å². The fraction of sp³-hybridized carbons (Fsp3) is 0.278. The van der Waals surface area contributed by atoms with Gasteiger partial charge in [0.05, 0.1) is 11.0 Å². The Morgan fingerprint density at radius 1 is 1.00 bits per heavy atom. The van der Waals surface area contributed by atoms with Gasteiger partial charge < -0.3 is 4.57 Å². The Labute approximate surface area is 118 Å². The monoisotopic (exact) mass is 265 g/mol. The molecule has 0 N–H and O–H groups in total. The zero-order chi connectivity index (χ0) is 14.1. The first kappa shape index (κ1) is 12.9. The standard InChI is InChI=1S/C18H19NO/c1-3-4-11-19-16-8-6-5-7-14(16)18(20)15-12-13(2)9-10-17(15)19/h5-10,12H,3-4,11H2,1-2H3. The minimum Gasteiger partial charge on any atom is -0.340 e. The molecular weight excluding hydrogens is 246 g/mol. The SMILES string of the molecule is CCCCn1c2ccccc2c(=O)c2cc(C)ccc21. The van der Waals surface area contributed by atoms with E-state index in [0.29, 0.717) is 0 Å². The maximum Gasteiger partial charge on any atom is 0.197 e.